The van der Waals surface area contributed by atoms with Gasteiger partial charge in [0.05, 0.1) is 11.9 Å². The maximum Gasteiger partial charge on any atom is 0.157 e. The fourth-order valence-corrected chi connectivity index (χ4v) is 1.64. The number of hydrogen-bond donors (Lipinski definition) is 3. The molecule has 0 fully saturated rings. The molecule has 0 amide bonds. The van der Waals surface area contributed by atoms with E-state index in [2.05, 4.69) is 5.32 Å². The van der Waals surface area contributed by atoms with Crippen LogP contribution in [0.25, 0.3) is 0 Å². The van der Waals surface area contributed by atoms with Crippen LogP contribution in [0.4, 0.5) is 5.69 Å². The SMILES string of the molecule is CC(O)CNc1cccc(CS(=O)O)c1. The van der Waals surface area contributed by atoms with Crippen LogP contribution in [-0.4, -0.2) is 26.5 Å². The van der Waals surface area contributed by atoms with Crippen molar-refractivity contribution in [3.05, 3.63) is 29.8 Å². The second-order valence-electron chi connectivity index (χ2n) is 3.40. The minimum Gasteiger partial charge on any atom is -0.392 e. The summed E-state index contributed by atoms with van der Waals surface area (Å²) in [6.07, 6.45) is -0.416. The second-order valence-corrected chi connectivity index (χ2v) is 4.33. The van der Waals surface area contributed by atoms with E-state index in [0.717, 1.165) is 11.3 Å². The summed E-state index contributed by atoms with van der Waals surface area (Å²) < 4.78 is 19.3. The maximum atomic E-state index is 10.6. The lowest BCUT2D eigenvalue weighted by atomic mass is 10.2. The highest BCUT2D eigenvalue weighted by Gasteiger charge is 2.00. The van der Waals surface area contributed by atoms with Gasteiger partial charge in [0.25, 0.3) is 0 Å². The third-order valence-electron chi connectivity index (χ3n) is 1.82. The molecule has 5 heteroatoms. The quantitative estimate of drug-likeness (QED) is 0.664. The number of anilines is 1. The van der Waals surface area contributed by atoms with Crippen LogP contribution in [0.3, 0.4) is 0 Å². The molecule has 4 nitrogen and oxygen atoms in total. The Morgan fingerprint density at radius 2 is 2.27 bits per heavy atom. The summed E-state index contributed by atoms with van der Waals surface area (Å²) in [5, 5.41) is 12.1. The van der Waals surface area contributed by atoms with Crippen LogP contribution in [0.5, 0.6) is 0 Å². The lowest BCUT2D eigenvalue weighted by Gasteiger charge is -2.09. The van der Waals surface area contributed by atoms with Gasteiger partial charge in [-0.25, -0.2) is 4.21 Å². The van der Waals surface area contributed by atoms with Crippen molar-refractivity contribution < 1.29 is 13.9 Å². The van der Waals surface area contributed by atoms with Crippen molar-refractivity contribution in [2.75, 3.05) is 11.9 Å². The number of nitrogens with one attached hydrogen (secondary N) is 1. The molecule has 1 rings (SSSR count). The van der Waals surface area contributed by atoms with E-state index in [-0.39, 0.29) is 5.75 Å². The van der Waals surface area contributed by atoms with E-state index in [1.165, 1.54) is 0 Å². The van der Waals surface area contributed by atoms with Crippen molar-refractivity contribution in [3.63, 3.8) is 0 Å². The van der Waals surface area contributed by atoms with Crippen LogP contribution >= 0.6 is 0 Å². The van der Waals surface area contributed by atoms with E-state index in [4.69, 9.17) is 9.66 Å². The summed E-state index contributed by atoms with van der Waals surface area (Å²) in [7, 11) is 0. The normalized spacial score (nSPS) is 14.6. The molecule has 2 unspecified atom stereocenters. The molecule has 0 aliphatic carbocycles. The van der Waals surface area contributed by atoms with Gasteiger partial charge in [-0.15, -0.1) is 0 Å². The second kappa shape index (κ2) is 5.85. The molecule has 2 atom stereocenters. The zero-order valence-electron chi connectivity index (χ0n) is 8.51. The fraction of sp³-hybridized carbons (Fsp3) is 0.400. The molecule has 1 aromatic carbocycles. The topological polar surface area (TPSA) is 69.6 Å². The predicted molar refractivity (Wildman–Crippen MR) is 61.1 cm³/mol. The molecule has 15 heavy (non-hydrogen) atoms. The monoisotopic (exact) mass is 229 g/mol. The van der Waals surface area contributed by atoms with Gasteiger partial charge < -0.3 is 15.0 Å². The number of aliphatic hydroxyl groups is 1. The first-order valence-corrected chi connectivity index (χ1v) is 5.94. The van der Waals surface area contributed by atoms with Crippen LogP contribution in [0.15, 0.2) is 24.3 Å². The molecule has 84 valence electrons. The summed E-state index contributed by atoms with van der Waals surface area (Å²) in [4.78, 5) is 0. The summed E-state index contributed by atoms with van der Waals surface area (Å²) >= 11 is -1.81. The largest absolute Gasteiger partial charge is 0.392 e. The van der Waals surface area contributed by atoms with Gasteiger partial charge in [0, 0.05) is 12.2 Å². The fourth-order valence-electron chi connectivity index (χ4n) is 1.18. The Balaban J connectivity index is 2.61. The zero-order chi connectivity index (χ0) is 11.3. The van der Waals surface area contributed by atoms with Crippen molar-refractivity contribution in [2.24, 2.45) is 0 Å². The van der Waals surface area contributed by atoms with Crippen molar-refractivity contribution in [2.45, 2.75) is 18.8 Å². The average Bonchev–Trinajstić information content (AvgIpc) is 2.14. The van der Waals surface area contributed by atoms with Crippen molar-refractivity contribution in [1.82, 2.24) is 0 Å². The number of benzene rings is 1. The highest BCUT2D eigenvalue weighted by atomic mass is 32.2. The van der Waals surface area contributed by atoms with Crippen molar-refractivity contribution in [3.8, 4) is 0 Å². The standard InChI is InChI=1S/C10H15NO3S/c1-8(12)6-11-10-4-2-3-9(5-10)7-15(13)14/h2-5,8,11-12H,6-7H2,1H3,(H,13,14). The molecule has 0 heterocycles. The van der Waals surface area contributed by atoms with Gasteiger partial charge in [-0.3, -0.25) is 0 Å². The molecule has 0 spiro atoms. The molecule has 1 aromatic rings. The first kappa shape index (κ1) is 12.2. The Labute approximate surface area is 91.6 Å². The van der Waals surface area contributed by atoms with E-state index in [9.17, 15) is 4.21 Å². The Hall–Kier alpha value is -0.910. The minimum atomic E-state index is -1.81. The van der Waals surface area contributed by atoms with E-state index in [0.29, 0.717) is 6.54 Å². The molecular formula is C10H15NO3S. The summed E-state index contributed by atoms with van der Waals surface area (Å²) in [6.45, 7) is 2.16. The lowest BCUT2D eigenvalue weighted by molar-refractivity contribution is 0.208. The third kappa shape index (κ3) is 4.92. The van der Waals surface area contributed by atoms with Gasteiger partial charge in [0.2, 0.25) is 0 Å². The first-order valence-electron chi connectivity index (χ1n) is 4.66. The highest BCUT2D eigenvalue weighted by molar-refractivity contribution is 7.78. The number of hydrogen-bond acceptors (Lipinski definition) is 3. The van der Waals surface area contributed by atoms with Gasteiger partial charge >= 0.3 is 0 Å². The summed E-state index contributed by atoms with van der Waals surface area (Å²) in [5.74, 6) is 0.129. The molecule has 0 bridgehead atoms. The van der Waals surface area contributed by atoms with Crippen LogP contribution in [-0.2, 0) is 16.8 Å². The van der Waals surface area contributed by atoms with E-state index >= 15 is 0 Å². The van der Waals surface area contributed by atoms with Gasteiger partial charge in [-0.1, -0.05) is 12.1 Å². The van der Waals surface area contributed by atoms with E-state index in [1.54, 1.807) is 19.1 Å². The summed E-state index contributed by atoms with van der Waals surface area (Å²) in [6, 6.07) is 7.26. The Kier molecular flexibility index (Phi) is 4.74. The highest BCUT2D eigenvalue weighted by Crippen LogP contribution is 2.11. The number of aliphatic hydroxyl groups excluding tert-OH is 1. The maximum absolute atomic E-state index is 10.6. The van der Waals surface area contributed by atoms with Gasteiger partial charge in [0.15, 0.2) is 11.1 Å². The van der Waals surface area contributed by atoms with Gasteiger partial charge in [0.1, 0.15) is 0 Å². The van der Waals surface area contributed by atoms with E-state index in [1.807, 2.05) is 12.1 Å². The zero-order valence-corrected chi connectivity index (χ0v) is 9.33. The van der Waals surface area contributed by atoms with Gasteiger partial charge in [-0.2, -0.15) is 0 Å². The summed E-state index contributed by atoms with van der Waals surface area (Å²) in [5.41, 5.74) is 1.64. The third-order valence-corrected chi connectivity index (χ3v) is 2.40. The van der Waals surface area contributed by atoms with Gasteiger partial charge in [-0.05, 0) is 24.6 Å². The molecule has 3 N–H and O–H groups in total. The van der Waals surface area contributed by atoms with Crippen LogP contribution in [0, 0.1) is 0 Å². The molecule has 0 aliphatic heterocycles. The average molecular weight is 229 g/mol. The van der Waals surface area contributed by atoms with Crippen molar-refractivity contribution >= 4 is 16.8 Å². The van der Waals surface area contributed by atoms with Crippen molar-refractivity contribution in [1.29, 1.82) is 0 Å². The van der Waals surface area contributed by atoms with Crippen LogP contribution in [0.2, 0.25) is 0 Å². The molecule has 0 radical (unpaired) electrons. The van der Waals surface area contributed by atoms with Crippen LogP contribution < -0.4 is 5.32 Å². The van der Waals surface area contributed by atoms with E-state index < -0.39 is 17.2 Å². The smallest absolute Gasteiger partial charge is 0.157 e. The Bertz CT molecular complexity index is 341. The lowest BCUT2D eigenvalue weighted by Crippen LogP contribution is -2.15. The number of rotatable bonds is 5. The Morgan fingerprint density at radius 1 is 1.53 bits per heavy atom. The minimum absolute atomic E-state index is 0.129. The predicted octanol–water partition coefficient (Wildman–Crippen LogP) is 1.20. The molecular weight excluding hydrogens is 214 g/mol. The first-order chi connectivity index (χ1) is 7.08. The molecule has 0 saturated carbocycles. The molecule has 0 saturated heterocycles. The molecule has 0 aliphatic rings. The molecule has 0 aromatic heterocycles. The van der Waals surface area contributed by atoms with Crippen LogP contribution in [0.1, 0.15) is 12.5 Å². The Morgan fingerprint density at radius 3 is 2.87 bits per heavy atom.